The van der Waals surface area contributed by atoms with Gasteiger partial charge in [0.2, 0.25) is 5.95 Å². The van der Waals surface area contributed by atoms with E-state index in [0.29, 0.717) is 29.3 Å². The Hall–Kier alpha value is -5.05. The molecule has 0 radical (unpaired) electrons. The SMILES string of the molecule is Cc1nc2c(F)cc(-c3nc(Nc4ccc(CN5CCN(CCN6CCN(c7ccc8c(c7)CNC8=O)CC6)CC5)cn4)ncc3F)cc2n1C(C)C. The lowest BCUT2D eigenvalue weighted by Gasteiger charge is -2.39. The van der Waals surface area contributed by atoms with Crippen LogP contribution in [0.15, 0.2) is 54.9 Å². The van der Waals surface area contributed by atoms with E-state index in [2.05, 4.69) is 62.3 Å². The quantitative estimate of drug-likeness (QED) is 0.205. The number of nitrogens with one attached hydrogen (secondary N) is 2. The maximum atomic E-state index is 15.1. The topological polar surface area (TPSA) is 111 Å². The maximum Gasteiger partial charge on any atom is 0.251 e. The van der Waals surface area contributed by atoms with E-state index in [0.717, 1.165) is 94.9 Å². The van der Waals surface area contributed by atoms with Crippen molar-refractivity contribution in [2.24, 2.45) is 0 Å². The third-order valence-corrected chi connectivity index (χ3v) is 10.6. The highest BCUT2D eigenvalue weighted by Gasteiger charge is 2.24. The summed E-state index contributed by atoms with van der Waals surface area (Å²) in [6, 6.07) is 13.2. The first-order chi connectivity index (χ1) is 25.7. The van der Waals surface area contributed by atoms with E-state index in [-0.39, 0.29) is 29.1 Å². The third-order valence-electron chi connectivity index (χ3n) is 10.6. The first-order valence-electron chi connectivity index (χ1n) is 18.4. The first kappa shape index (κ1) is 35.0. The number of anilines is 3. The number of amides is 1. The molecular formula is C39H45F2N11O. The van der Waals surface area contributed by atoms with Crippen molar-refractivity contribution in [2.45, 2.75) is 39.9 Å². The second-order valence-electron chi connectivity index (χ2n) is 14.5. The van der Waals surface area contributed by atoms with Gasteiger partial charge in [-0.25, -0.2) is 28.7 Å². The number of fused-ring (bicyclic) bond motifs is 2. The van der Waals surface area contributed by atoms with Gasteiger partial charge >= 0.3 is 0 Å². The normalized spacial score (nSPS) is 17.2. The van der Waals surface area contributed by atoms with Crippen molar-refractivity contribution in [3.05, 3.63) is 89.0 Å². The predicted molar refractivity (Wildman–Crippen MR) is 201 cm³/mol. The van der Waals surface area contributed by atoms with E-state index >= 15 is 4.39 Å². The zero-order valence-corrected chi connectivity index (χ0v) is 30.4. The standard InChI is InChI=1S/C39H45F2N11O/c1-25(2)52-26(3)45-37-32(40)19-28(20-34(37)52)36-33(41)23-44-39(47-36)46-35-7-4-27(21-42-35)24-50-12-10-48(11-13-50)8-9-49-14-16-51(17-15-49)30-5-6-31-29(18-30)22-43-38(31)53/h4-7,18-21,23,25H,8-17,22,24H2,1-3H3,(H,43,53)(H,42,44,46,47). The van der Waals surface area contributed by atoms with E-state index in [9.17, 15) is 9.18 Å². The fraction of sp³-hybridized carbons (Fsp3) is 0.410. The van der Waals surface area contributed by atoms with Crippen LogP contribution in [0.3, 0.4) is 0 Å². The Morgan fingerprint density at radius 1 is 0.830 bits per heavy atom. The lowest BCUT2D eigenvalue weighted by Crippen LogP contribution is -2.51. The number of hydrogen-bond donors (Lipinski definition) is 2. The van der Waals surface area contributed by atoms with Crippen LogP contribution in [0.25, 0.3) is 22.3 Å². The van der Waals surface area contributed by atoms with Gasteiger partial charge in [0.15, 0.2) is 11.6 Å². The zero-order valence-electron chi connectivity index (χ0n) is 30.4. The molecule has 0 bridgehead atoms. The van der Waals surface area contributed by atoms with Crippen LogP contribution >= 0.6 is 0 Å². The molecule has 2 aromatic carbocycles. The molecule has 2 fully saturated rings. The smallest absolute Gasteiger partial charge is 0.251 e. The predicted octanol–water partition coefficient (Wildman–Crippen LogP) is 4.98. The number of imidazole rings is 1. The fourth-order valence-electron chi connectivity index (χ4n) is 7.75. The number of pyridine rings is 1. The number of piperazine rings is 2. The van der Waals surface area contributed by atoms with E-state index in [1.54, 1.807) is 6.07 Å². The Kier molecular flexibility index (Phi) is 9.75. The maximum absolute atomic E-state index is 15.1. The van der Waals surface area contributed by atoms with Crippen molar-refractivity contribution in [1.29, 1.82) is 0 Å². The van der Waals surface area contributed by atoms with Gasteiger partial charge in [0.25, 0.3) is 5.91 Å². The molecule has 2 N–H and O–H groups in total. The molecule has 0 aliphatic carbocycles. The summed E-state index contributed by atoms with van der Waals surface area (Å²) in [5, 5.41) is 5.98. The van der Waals surface area contributed by atoms with E-state index < -0.39 is 11.6 Å². The highest BCUT2D eigenvalue weighted by Crippen LogP contribution is 2.31. The minimum Gasteiger partial charge on any atom is -0.369 e. The van der Waals surface area contributed by atoms with Crippen LogP contribution in [0.5, 0.6) is 0 Å². The number of carbonyl (C=O) groups excluding carboxylic acids is 1. The molecule has 276 valence electrons. The van der Waals surface area contributed by atoms with Crippen molar-refractivity contribution in [3.8, 4) is 11.3 Å². The average Bonchev–Trinajstić information content (AvgIpc) is 3.71. The van der Waals surface area contributed by atoms with Gasteiger partial charge in [-0.1, -0.05) is 6.07 Å². The molecule has 3 aromatic heterocycles. The largest absolute Gasteiger partial charge is 0.369 e. The Labute approximate surface area is 307 Å². The summed E-state index contributed by atoms with van der Waals surface area (Å²) in [6.07, 6.45) is 2.93. The van der Waals surface area contributed by atoms with Gasteiger partial charge in [0.05, 0.1) is 11.7 Å². The number of hydrogen-bond acceptors (Lipinski definition) is 10. The number of aromatic nitrogens is 5. The number of halogens is 2. The monoisotopic (exact) mass is 721 g/mol. The molecule has 0 spiro atoms. The molecule has 14 heteroatoms. The van der Waals surface area contributed by atoms with Gasteiger partial charge in [-0.05, 0) is 68.3 Å². The average molecular weight is 722 g/mol. The van der Waals surface area contributed by atoms with Crippen LogP contribution in [0.2, 0.25) is 0 Å². The van der Waals surface area contributed by atoms with Gasteiger partial charge in [-0.15, -0.1) is 0 Å². The number of rotatable bonds is 10. The van der Waals surface area contributed by atoms with Crippen LogP contribution in [-0.4, -0.2) is 111 Å². The second kappa shape index (κ2) is 14.8. The Morgan fingerprint density at radius 3 is 2.28 bits per heavy atom. The van der Waals surface area contributed by atoms with Crippen molar-refractivity contribution in [1.82, 2.24) is 44.5 Å². The Morgan fingerprint density at radius 2 is 1.57 bits per heavy atom. The number of carbonyl (C=O) groups is 1. The first-order valence-corrected chi connectivity index (χ1v) is 18.4. The second-order valence-corrected chi connectivity index (χ2v) is 14.5. The molecule has 53 heavy (non-hydrogen) atoms. The van der Waals surface area contributed by atoms with Gasteiger partial charge in [0, 0.05) is 108 Å². The van der Waals surface area contributed by atoms with Crippen molar-refractivity contribution < 1.29 is 13.6 Å². The summed E-state index contributed by atoms with van der Waals surface area (Å²) < 4.78 is 32.0. The lowest BCUT2D eigenvalue weighted by molar-refractivity contribution is 0.0965. The van der Waals surface area contributed by atoms with Crippen LogP contribution in [0.4, 0.5) is 26.2 Å². The minimum absolute atomic E-state index is 0.000149. The summed E-state index contributed by atoms with van der Waals surface area (Å²) in [7, 11) is 0. The number of aryl methyl sites for hydroxylation is 1. The molecule has 0 atom stereocenters. The van der Waals surface area contributed by atoms with Gasteiger partial charge in [-0.2, -0.15) is 0 Å². The van der Waals surface area contributed by atoms with Crippen LogP contribution in [0.1, 0.15) is 47.2 Å². The number of benzene rings is 2. The molecule has 12 nitrogen and oxygen atoms in total. The van der Waals surface area contributed by atoms with E-state index in [1.807, 2.05) is 49.7 Å². The summed E-state index contributed by atoms with van der Waals surface area (Å²) in [5.74, 6) is 0.259. The van der Waals surface area contributed by atoms with Crippen LogP contribution in [-0.2, 0) is 13.1 Å². The number of nitrogens with zero attached hydrogens (tertiary/aromatic N) is 9. The van der Waals surface area contributed by atoms with Crippen molar-refractivity contribution in [3.63, 3.8) is 0 Å². The molecule has 3 aliphatic rings. The summed E-state index contributed by atoms with van der Waals surface area (Å²) in [6.45, 7) is 17.6. The zero-order chi connectivity index (χ0) is 36.6. The van der Waals surface area contributed by atoms with E-state index in [4.69, 9.17) is 0 Å². The molecule has 1 amide bonds. The Bertz CT molecular complexity index is 2120. The molecule has 2 saturated heterocycles. The molecule has 0 saturated carbocycles. The minimum atomic E-state index is -0.645. The van der Waals surface area contributed by atoms with Gasteiger partial charge in [0.1, 0.15) is 22.9 Å². The molecular weight excluding hydrogens is 677 g/mol. The lowest BCUT2D eigenvalue weighted by atomic mass is 10.1. The molecule has 0 unspecified atom stereocenters. The molecule has 3 aliphatic heterocycles. The van der Waals surface area contributed by atoms with Crippen LogP contribution < -0.4 is 15.5 Å². The molecule has 8 rings (SSSR count). The van der Waals surface area contributed by atoms with Crippen LogP contribution in [0, 0.1) is 18.6 Å². The summed E-state index contributed by atoms with van der Waals surface area (Å²) >= 11 is 0. The molecule has 5 aromatic rings. The van der Waals surface area contributed by atoms with Crippen molar-refractivity contribution in [2.75, 3.05) is 75.7 Å². The highest BCUT2D eigenvalue weighted by molar-refractivity contribution is 5.98. The Balaban J connectivity index is 0.802. The third kappa shape index (κ3) is 7.44. The molecule has 6 heterocycles. The van der Waals surface area contributed by atoms with Crippen molar-refractivity contribution >= 4 is 34.4 Å². The highest BCUT2D eigenvalue weighted by atomic mass is 19.1. The van der Waals surface area contributed by atoms with Gasteiger partial charge in [-0.3, -0.25) is 19.5 Å². The summed E-state index contributed by atoms with van der Waals surface area (Å²) in [4.78, 5) is 39.4. The fourth-order valence-corrected chi connectivity index (χ4v) is 7.75. The summed E-state index contributed by atoms with van der Waals surface area (Å²) in [5.41, 5.74) is 5.38. The van der Waals surface area contributed by atoms with E-state index in [1.165, 1.54) is 11.8 Å². The van der Waals surface area contributed by atoms with Gasteiger partial charge < -0.3 is 20.1 Å².